The molecule has 0 aromatic heterocycles. The van der Waals surface area contributed by atoms with Crippen molar-refractivity contribution in [3.63, 3.8) is 0 Å². The van der Waals surface area contributed by atoms with Crippen molar-refractivity contribution in [1.82, 2.24) is 5.32 Å². The summed E-state index contributed by atoms with van der Waals surface area (Å²) in [7, 11) is 0. The van der Waals surface area contributed by atoms with E-state index in [2.05, 4.69) is 5.32 Å². The second kappa shape index (κ2) is 4.95. The van der Waals surface area contributed by atoms with E-state index in [1.165, 1.54) is 6.92 Å². The Morgan fingerprint density at radius 1 is 1.50 bits per heavy atom. The Hall–Kier alpha value is -1.10. The van der Waals surface area contributed by atoms with Crippen LogP contribution in [0.3, 0.4) is 0 Å². The van der Waals surface area contributed by atoms with Crippen molar-refractivity contribution < 1.29 is 19.4 Å². The molecule has 1 rings (SSSR count). The van der Waals surface area contributed by atoms with Crippen LogP contribution >= 0.6 is 0 Å². The summed E-state index contributed by atoms with van der Waals surface area (Å²) in [4.78, 5) is 21.6. The summed E-state index contributed by atoms with van der Waals surface area (Å²) >= 11 is 0. The number of nitrogens with one attached hydrogen (secondary N) is 1. The normalized spacial score (nSPS) is 23.9. The zero-order valence-electron chi connectivity index (χ0n) is 8.16. The highest BCUT2D eigenvalue weighted by atomic mass is 16.5. The highest BCUT2D eigenvalue weighted by Gasteiger charge is 2.30. The Labute approximate surface area is 82.4 Å². The van der Waals surface area contributed by atoms with Crippen LogP contribution in [0.15, 0.2) is 0 Å². The van der Waals surface area contributed by atoms with Crippen molar-refractivity contribution >= 4 is 11.9 Å². The van der Waals surface area contributed by atoms with Gasteiger partial charge in [-0.2, -0.15) is 0 Å². The highest BCUT2D eigenvalue weighted by molar-refractivity contribution is 5.82. The van der Waals surface area contributed by atoms with E-state index in [-0.39, 0.29) is 12.0 Å². The fraction of sp³-hybridized carbons (Fsp3) is 0.778. The van der Waals surface area contributed by atoms with E-state index >= 15 is 0 Å². The van der Waals surface area contributed by atoms with Gasteiger partial charge >= 0.3 is 5.97 Å². The lowest BCUT2D eigenvalue weighted by Crippen LogP contribution is -2.50. The van der Waals surface area contributed by atoms with Crippen LogP contribution in [-0.2, 0) is 14.3 Å². The molecule has 2 atom stereocenters. The third-order valence-electron chi connectivity index (χ3n) is 2.21. The molecule has 0 aromatic carbocycles. The van der Waals surface area contributed by atoms with Gasteiger partial charge in [0.1, 0.15) is 0 Å². The van der Waals surface area contributed by atoms with E-state index in [0.29, 0.717) is 13.0 Å². The molecule has 0 spiro atoms. The minimum Gasteiger partial charge on any atom is -0.480 e. The van der Waals surface area contributed by atoms with E-state index in [4.69, 9.17) is 9.84 Å². The molecule has 1 aliphatic rings. The smallest absolute Gasteiger partial charge is 0.328 e. The van der Waals surface area contributed by atoms with Gasteiger partial charge in [-0.15, -0.1) is 0 Å². The number of carboxylic acid groups (broad SMARTS) is 1. The van der Waals surface area contributed by atoms with Crippen molar-refractivity contribution in [2.45, 2.75) is 38.3 Å². The molecule has 5 nitrogen and oxygen atoms in total. The average Bonchev–Trinajstić information content (AvgIpc) is 2.15. The van der Waals surface area contributed by atoms with Crippen molar-refractivity contribution in [3.05, 3.63) is 0 Å². The number of carbonyl (C=O) groups excluding carboxylic acids is 1. The first-order valence-electron chi connectivity index (χ1n) is 4.73. The van der Waals surface area contributed by atoms with Gasteiger partial charge in [0, 0.05) is 13.5 Å². The molecular formula is C9H15NO4. The molecule has 1 amide bonds. The summed E-state index contributed by atoms with van der Waals surface area (Å²) in [6, 6.07) is -0.909. The highest BCUT2D eigenvalue weighted by Crippen LogP contribution is 2.16. The summed E-state index contributed by atoms with van der Waals surface area (Å²) in [6.45, 7) is 1.88. The average molecular weight is 201 g/mol. The number of aliphatic carboxylic acids is 1. The molecular weight excluding hydrogens is 186 g/mol. The maximum atomic E-state index is 10.8. The zero-order valence-corrected chi connectivity index (χ0v) is 8.16. The fourth-order valence-corrected chi connectivity index (χ4v) is 1.56. The molecule has 0 radical (unpaired) electrons. The Bertz CT molecular complexity index is 223. The molecule has 1 fully saturated rings. The third kappa shape index (κ3) is 2.99. The predicted octanol–water partition coefficient (Wildman–Crippen LogP) is 0.145. The van der Waals surface area contributed by atoms with Crippen LogP contribution in [-0.4, -0.2) is 35.7 Å². The number of carboxylic acids is 1. The Balaban J connectivity index is 2.56. The lowest BCUT2D eigenvalue weighted by Gasteiger charge is -2.27. The van der Waals surface area contributed by atoms with E-state index in [1.807, 2.05) is 0 Å². The van der Waals surface area contributed by atoms with Crippen molar-refractivity contribution in [2.24, 2.45) is 0 Å². The SMILES string of the molecule is CC(=O)NC(C(=O)O)C1CCCCO1. The number of hydrogen-bond acceptors (Lipinski definition) is 3. The van der Waals surface area contributed by atoms with Crippen LogP contribution in [0.2, 0.25) is 0 Å². The number of amides is 1. The van der Waals surface area contributed by atoms with Gasteiger partial charge in [0.2, 0.25) is 5.91 Å². The maximum Gasteiger partial charge on any atom is 0.328 e. The van der Waals surface area contributed by atoms with Crippen LogP contribution in [0, 0.1) is 0 Å². The fourth-order valence-electron chi connectivity index (χ4n) is 1.56. The summed E-state index contributed by atoms with van der Waals surface area (Å²) in [5.41, 5.74) is 0. The molecule has 0 aromatic rings. The molecule has 0 aliphatic carbocycles. The van der Waals surface area contributed by atoms with Crippen molar-refractivity contribution in [1.29, 1.82) is 0 Å². The Morgan fingerprint density at radius 3 is 2.64 bits per heavy atom. The first kappa shape index (κ1) is 11.0. The molecule has 80 valence electrons. The van der Waals surface area contributed by atoms with Crippen molar-refractivity contribution in [2.75, 3.05) is 6.61 Å². The van der Waals surface area contributed by atoms with Gasteiger partial charge in [-0.25, -0.2) is 4.79 Å². The van der Waals surface area contributed by atoms with Gasteiger partial charge in [-0.3, -0.25) is 4.79 Å². The molecule has 14 heavy (non-hydrogen) atoms. The van der Waals surface area contributed by atoms with Crippen LogP contribution < -0.4 is 5.32 Å². The molecule has 2 unspecified atom stereocenters. The maximum absolute atomic E-state index is 10.8. The van der Waals surface area contributed by atoms with E-state index in [9.17, 15) is 9.59 Å². The molecule has 0 bridgehead atoms. The summed E-state index contributed by atoms with van der Waals surface area (Å²) in [5, 5.41) is 11.3. The number of rotatable bonds is 3. The standard InChI is InChI=1S/C9H15NO4/c1-6(11)10-8(9(12)13)7-4-2-3-5-14-7/h7-8H,2-5H2,1H3,(H,10,11)(H,12,13). The predicted molar refractivity (Wildman–Crippen MR) is 48.8 cm³/mol. The number of hydrogen-bond donors (Lipinski definition) is 2. The van der Waals surface area contributed by atoms with Crippen LogP contribution in [0.1, 0.15) is 26.2 Å². The molecule has 5 heteroatoms. The van der Waals surface area contributed by atoms with Gasteiger partial charge in [-0.05, 0) is 19.3 Å². The zero-order chi connectivity index (χ0) is 10.6. The van der Waals surface area contributed by atoms with Gasteiger partial charge in [0.05, 0.1) is 6.10 Å². The monoisotopic (exact) mass is 201 g/mol. The number of ether oxygens (including phenoxy) is 1. The largest absolute Gasteiger partial charge is 0.480 e. The first-order valence-corrected chi connectivity index (χ1v) is 4.73. The minimum absolute atomic E-state index is 0.341. The quantitative estimate of drug-likeness (QED) is 0.681. The second-order valence-electron chi connectivity index (χ2n) is 3.42. The lowest BCUT2D eigenvalue weighted by molar-refractivity contribution is -0.147. The molecule has 0 saturated carbocycles. The second-order valence-corrected chi connectivity index (χ2v) is 3.42. The van der Waals surface area contributed by atoms with Gasteiger partial charge in [0.15, 0.2) is 6.04 Å². The minimum atomic E-state index is -1.04. The lowest BCUT2D eigenvalue weighted by atomic mass is 10.0. The van der Waals surface area contributed by atoms with Gasteiger partial charge in [-0.1, -0.05) is 0 Å². The first-order chi connectivity index (χ1) is 6.61. The Kier molecular flexibility index (Phi) is 3.88. The van der Waals surface area contributed by atoms with E-state index in [1.54, 1.807) is 0 Å². The van der Waals surface area contributed by atoms with Crippen LogP contribution in [0.5, 0.6) is 0 Å². The summed E-state index contributed by atoms with van der Waals surface area (Å²) in [5.74, 6) is -1.38. The topological polar surface area (TPSA) is 75.6 Å². The number of carbonyl (C=O) groups is 2. The molecule has 1 aliphatic heterocycles. The van der Waals surface area contributed by atoms with Crippen LogP contribution in [0.4, 0.5) is 0 Å². The van der Waals surface area contributed by atoms with E-state index < -0.39 is 12.0 Å². The van der Waals surface area contributed by atoms with E-state index in [0.717, 1.165) is 12.8 Å². The Morgan fingerprint density at radius 2 is 2.21 bits per heavy atom. The molecule has 1 saturated heterocycles. The van der Waals surface area contributed by atoms with Gasteiger partial charge in [0.25, 0.3) is 0 Å². The van der Waals surface area contributed by atoms with Gasteiger partial charge < -0.3 is 15.2 Å². The summed E-state index contributed by atoms with van der Waals surface area (Å²) < 4.78 is 5.31. The van der Waals surface area contributed by atoms with Crippen LogP contribution in [0.25, 0.3) is 0 Å². The molecule has 2 N–H and O–H groups in total. The molecule has 1 heterocycles. The third-order valence-corrected chi connectivity index (χ3v) is 2.21. The summed E-state index contributed by atoms with van der Waals surface area (Å²) in [6.07, 6.45) is 2.22. The van der Waals surface area contributed by atoms with Crippen molar-refractivity contribution in [3.8, 4) is 0 Å².